The summed E-state index contributed by atoms with van der Waals surface area (Å²) >= 11 is 13.9. The maximum atomic E-state index is 10.1. The molecule has 0 spiro atoms. The summed E-state index contributed by atoms with van der Waals surface area (Å²) in [5.74, 6) is -1.00. The molecule has 0 aromatic carbocycles. The Labute approximate surface area is 68.2 Å². The average molecular weight is 190 g/mol. The van der Waals surface area contributed by atoms with Crippen LogP contribution in [0.25, 0.3) is 0 Å². The molecular weight excluding hydrogens is 185 g/mol. The minimum atomic E-state index is -1.09. The smallest absolute Gasteiger partial charge is 0.324 e. The predicted molar refractivity (Wildman–Crippen MR) is 38.8 cm³/mol. The lowest BCUT2D eigenvalue weighted by molar-refractivity contribution is -0.139. The van der Waals surface area contributed by atoms with Crippen LogP contribution in [0.2, 0.25) is 0 Å². The molecule has 0 aromatic heterocycles. The van der Waals surface area contributed by atoms with E-state index in [1.165, 1.54) is 0 Å². The van der Waals surface area contributed by atoms with Crippen molar-refractivity contribution in [3.8, 4) is 0 Å². The Hall–Kier alpha value is 0.360. The molecule has 9 heavy (non-hydrogen) atoms. The predicted octanol–water partition coefficient (Wildman–Crippen LogP) is 0.979. The molecule has 0 aliphatic carbocycles. The number of rotatable bonds is 3. The SMILES string of the molecule is O=C(O)[C@@H](CS)N(Cl)Cl. The van der Waals surface area contributed by atoms with Crippen molar-refractivity contribution in [3.63, 3.8) is 0 Å². The van der Waals surface area contributed by atoms with Crippen molar-refractivity contribution in [3.05, 3.63) is 0 Å². The van der Waals surface area contributed by atoms with E-state index in [1.807, 2.05) is 0 Å². The second kappa shape index (κ2) is 4.22. The molecule has 0 saturated heterocycles. The first-order valence-corrected chi connectivity index (χ1v) is 3.35. The van der Waals surface area contributed by atoms with Crippen LogP contribution in [0, 0.1) is 0 Å². The van der Waals surface area contributed by atoms with Gasteiger partial charge in [0, 0.05) is 5.75 Å². The Morgan fingerprint density at radius 3 is 2.22 bits per heavy atom. The van der Waals surface area contributed by atoms with Gasteiger partial charge in [-0.05, 0) is 23.6 Å². The monoisotopic (exact) mass is 189 g/mol. The zero-order valence-corrected chi connectivity index (χ0v) is 6.70. The molecule has 3 nitrogen and oxygen atoms in total. The third kappa shape index (κ3) is 3.15. The van der Waals surface area contributed by atoms with E-state index in [1.54, 1.807) is 0 Å². The molecule has 0 radical (unpaired) electrons. The van der Waals surface area contributed by atoms with E-state index in [4.69, 9.17) is 28.7 Å². The standard InChI is InChI=1S/C3H5Cl2NO2S/c4-6(5)2(1-9)3(7)8/h2,9H,1H2,(H,7,8)/t2-/m1/s1. The fraction of sp³-hybridized carbons (Fsp3) is 0.667. The average Bonchev–Trinajstić information content (AvgIpc) is 1.64. The maximum Gasteiger partial charge on any atom is 0.324 e. The summed E-state index contributed by atoms with van der Waals surface area (Å²) in [6.45, 7) is 0. The molecule has 1 atom stereocenters. The van der Waals surface area contributed by atoms with Crippen molar-refractivity contribution < 1.29 is 9.90 Å². The Morgan fingerprint density at radius 1 is 1.78 bits per heavy atom. The van der Waals surface area contributed by atoms with Crippen LogP contribution in [0.1, 0.15) is 0 Å². The second-order valence-corrected chi connectivity index (χ2v) is 2.56. The summed E-state index contributed by atoms with van der Waals surface area (Å²) in [5, 5.41) is 8.28. The third-order valence-electron chi connectivity index (χ3n) is 0.694. The highest BCUT2D eigenvalue weighted by Crippen LogP contribution is 2.08. The molecule has 0 amide bonds. The number of carboxylic acid groups (broad SMARTS) is 1. The number of carboxylic acids is 1. The highest BCUT2D eigenvalue weighted by Gasteiger charge is 2.20. The maximum absolute atomic E-state index is 10.1. The summed E-state index contributed by atoms with van der Waals surface area (Å²) in [5.41, 5.74) is 0. The lowest BCUT2D eigenvalue weighted by Crippen LogP contribution is -2.30. The van der Waals surface area contributed by atoms with E-state index in [2.05, 4.69) is 12.6 Å². The van der Waals surface area contributed by atoms with Crippen molar-refractivity contribution in [1.82, 2.24) is 3.94 Å². The van der Waals surface area contributed by atoms with E-state index >= 15 is 0 Å². The minimum Gasteiger partial charge on any atom is -0.480 e. The van der Waals surface area contributed by atoms with Gasteiger partial charge in [-0.15, -0.1) is 3.94 Å². The van der Waals surface area contributed by atoms with Gasteiger partial charge in [0.05, 0.1) is 0 Å². The molecule has 6 heteroatoms. The third-order valence-corrected chi connectivity index (χ3v) is 1.51. The molecule has 0 saturated carbocycles. The number of thiol groups is 1. The number of hydrogen-bond acceptors (Lipinski definition) is 3. The van der Waals surface area contributed by atoms with Crippen LogP contribution in [0.15, 0.2) is 0 Å². The highest BCUT2D eigenvalue weighted by atomic mass is 35.5. The molecule has 0 unspecified atom stereocenters. The van der Waals surface area contributed by atoms with Gasteiger partial charge < -0.3 is 5.11 Å². The van der Waals surface area contributed by atoms with Crippen molar-refractivity contribution in [2.45, 2.75) is 6.04 Å². The van der Waals surface area contributed by atoms with Crippen LogP contribution in [-0.2, 0) is 4.79 Å². The van der Waals surface area contributed by atoms with Crippen LogP contribution in [0.3, 0.4) is 0 Å². The molecule has 0 fully saturated rings. The first-order valence-electron chi connectivity index (χ1n) is 2.04. The Bertz CT molecular complexity index is 110. The largest absolute Gasteiger partial charge is 0.480 e. The van der Waals surface area contributed by atoms with Gasteiger partial charge in [0.15, 0.2) is 0 Å². The number of hydrogen-bond donors (Lipinski definition) is 2. The van der Waals surface area contributed by atoms with Crippen molar-refractivity contribution in [2.24, 2.45) is 0 Å². The molecule has 54 valence electrons. The second-order valence-electron chi connectivity index (χ2n) is 1.30. The zero-order chi connectivity index (χ0) is 7.44. The first-order chi connectivity index (χ1) is 4.09. The van der Waals surface area contributed by atoms with Gasteiger partial charge in [0.1, 0.15) is 6.04 Å². The summed E-state index contributed by atoms with van der Waals surface area (Å²) in [6.07, 6.45) is 0. The van der Waals surface area contributed by atoms with E-state index in [0.717, 1.165) is 0 Å². The summed E-state index contributed by atoms with van der Waals surface area (Å²) in [6, 6.07) is -0.934. The summed E-state index contributed by atoms with van der Waals surface area (Å²) in [4.78, 5) is 10.1. The Morgan fingerprint density at radius 2 is 2.22 bits per heavy atom. The van der Waals surface area contributed by atoms with E-state index < -0.39 is 12.0 Å². The topological polar surface area (TPSA) is 40.5 Å². The molecular formula is C3H5Cl2NO2S. The quantitative estimate of drug-likeness (QED) is 0.514. The van der Waals surface area contributed by atoms with Gasteiger partial charge >= 0.3 is 5.97 Å². The molecule has 0 aromatic rings. The van der Waals surface area contributed by atoms with Crippen molar-refractivity contribution >= 4 is 42.2 Å². The number of aliphatic carboxylic acids is 1. The first kappa shape index (κ1) is 9.36. The lowest BCUT2D eigenvalue weighted by Gasteiger charge is -2.10. The number of nitrogens with zero attached hydrogens (tertiary/aromatic N) is 1. The molecule has 0 rings (SSSR count). The van der Waals surface area contributed by atoms with Crippen LogP contribution < -0.4 is 0 Å². The Balaban J connectivity index is 3.83. The van der Waals surface area contributed by atoms with E-state index in [-0.39, 0.29) is 5.75 Å². The van der Waals surface area contributed by atoms with Gasteiger partial charge in [0.25, 0.3) is 0 Å². The fourth-order valence-corrected chi connectivity index (χ4v) is 1.04. The van der Waals surface area contributed by atoms with Crippen LogP contribution in [0.5, 0.6) is 0 Å². The van der Waals surface area contributed by atoms with Gasteiger partial charge in [-0.25, -0.2) is 0 Å². The molecule has 0 heterocycles. The Kier molecular flexibility index (Phi) is 4.39. The van der Waals surface area contributed by atoms with Gasteiger partial charge in [-0.1, -0.05) is 0 Å². The van der Waals surface area contributed by atoms with Gasteiger partial charge in [-0.3, -0.25) is 4.79 Å². The zero-order valence-electron chi connectivity index (χ0n) is 4.29. The van der Waals surface area contributed by atoms with Crippen LogP contribution >= 0.6 is 36.2 Å². The van der Waals surface area contributed by atoms with Crippen LogP contribution in [0.4, 0.5) is 0 Å². The number of halogens is 2. The van der Waals surface area contributed by atoms with Crippen molar-refractivity contribution in [2.75, 3.05) is 5.75 Å². The summed E-state index contributed by atoms with van der Waals surface area (Å²) < 4.78 is 0.565. The van der Waals surface area contributed by atoms with Crippen molar-refractivity contribution in [1.29, 1.82) is 0 Å². The molecule has 1 N–H and O–H groups in total. The lowest BCUT2D eigenvalue weighted by atomic mass is 10.4. The fourth-order valence-electron chi connectivity index (χ4n) is 0.223. The summed E-state index contributed by atoms with van der Waals surface area (Å²) in [7, 11) is 0. The minimum absolute atomic E-state index is 0.0856. The number of carbonyl (C=O) groups is 1. The van der Waals surface area contributed by atoms with E-state index in [0.29, 0.717) is 3.94 Å². The molecule has 0 aliphatic rings. The molecule has 0 bridgehead atoms. The highest BCUT2D eigenvalue weighted by molar-refractivity contribution is 7.80. The van der Waals surface area contributed by atoms with Crippen LogP contribution in [-0.4, -0.2) is 26.8 Å². The van der Waals surface area contributed by atoms with Gasteiger partial charge in [-0.2, -0.15) is 12.6 Å². The molecule has 0 aliphatic heterocycles. The normalized spacial score (nSPS) is 13.8. The van der Waals surface area contributed by atoms with Gasteiger partial charge in [0.2, 0.25) is 0 Å². The van der Waals surface area contributed by atoms with E-state index in [9.17, 15) is 4.79 Å².